The van der Waals surface area contributed by atoms with Gasteiger partial charge >= 0.3 is 5.69 Å². The molecule has 1 saturated heterocycles. The van der Waals surface area contributed by atoms with Crippen LogP contribution >= 0.6 is 11.8 Å². The van der Waals surface area contributed by atoms with Gasteiger partial charge in [-0.05, 0) is 61.7 Å². The van der Waals surface area contributed by atoms with Crippen LogP contribution in [0, 0.1) is 18.3 Å². The lowest BCUT2D eigenvalue weighted by Gasteiger charge is -2.31. The van der Waals surface area contributed by atoms with Gasteiger partial charge in [0.2, 0.25) is 0 Å². The Kier molecular flexibility index (Phi) is 5.31. The average Bonchev–Trinajstić information content (AvgIpc) is 3.02. The van der Waals surface area contributed by atoms with Crippen LogP contribution in [0.1, 0.15) is 24.2 Å². The van der Waals surface area contributed by atoms with Gasteiger partial charge in [-0.1, -0.05) is 23.9 Å². The third kappa shape index (κ3) is 3.74. The van der Waals surface area contributed by atoms with Crippen LogP contribution in [0.3, 0.4) is 0 Å². The minimum atomic E-state index is -0.462. The monoisotopic (exact) mass is 406 g/mol. The molecule has 1 aliphatic rings. The number of nitriles is 1. The topological polar surface area (TPSA) is 72.8 Å². The Morgan fingerprint density at radius 1 is 1.14 bits per heavy atom. The van der Waals surface area contributed by atoms with Gasteiger partial charge < -0.3 is 4.74 Å². The van der Waals surface area contributed by atoms with Crippen LogP contribution in [0.15, 0.2) is 63.1 Å². The molecule has 0 amide bonds. The highest BCUT2D eigenvalue weighted by Gasteiger charge is 2.34. The summed E-state index contributed by atoms with van der Waals surface area (Å²) in [6.45, 7) is 3.05. The lowest BCUT2D eigenvalue weighted by Crippen LogP contribution is -2.32. The Balaban J connectivity index is 1.56. The van der Waals surface area contributed by atoms with Crippen molar-refractivity contribution in [3.8, 4) is 11.8 Å². The first-order valence-electron chi connectivity index (χ1n) is 9.53. The Morgan fingerprint density at radius 3 is 2.48 bits per heavy atom. The first-order valence-corrected chi connectivity index (χ1v) is 10.3. The summed E-state index contributed by atoms with van der Waals surface area (Å²) in [4.78, 5) is 14.4. The molecule has 3 aromatic rings. The maximum absolute atomic E-state index is 12.2. The smallest absolute Gasteiger partial charge is 0.350 e. The van der Waals surface area contributed by atoms with E-state index in [2.05, 4.69) is 23.3 Å². The van der Waals surface area contributed by atoms with E-state index in [1.54, 1.807) is 18.8 Å². The molecule has 4 rings (SSSR count). The maximum Gasteiger partial charge on any atom is 0.350 e. The fraction of sp³-hybridized carbons (Fsp3) is 0.318. The number of hydrogen-bond acceptors (Lipinski definition) is 5. The van der Waals surface area contributed by atoms with E-state index < -0.39 is 5.41 Å². The average molecular weight is 407 g/mol. The van der Waals surface area contributed by atoms with Crippen molar-refractivity contribution in [3.05, 3.63) is 70.4 Å². The van der Waals surface area contributed by atoms with Crippen LogP contribution in [-0.4, -0.2) is 27.6 Å². The lowest BCUT2D eigenvalue weighted by molar-refractivity contribution is 0.0675. The molecular formula is C22H22N4O2S. The standard InChI is InChI=1S/C22H22N4O2S/c1-16-24-26(21(27)25(16)2)18-6-8-19(9-7-18)29-20-5-3-4-17(14-20)22(15-23)10-12-28-13-11-22/h3-9,14H,10-13H2,1-2H3. The highest BCUT2D eigenvalue weighted by molar-refractivity contribution is 7.99. The van der Waals surface area contributed by atoms with Crippen LogP contribution in [0.4, 0.5) is 0 Å². The molecule has 6 nitrogen and oxygen atoms in total. The number of hydrogen-bond donors (Lipinski definition) is 0. The summed E-state index contributed by atoms with van der Waals surface area (Å²) in [6, 6.07) is 18.5. The quantitative estimate of drug-likeness (QED) is 0.662. The van der Waals surface area contributed by atoms with Crippen molar-refractivity contribution >= 4 is 11.8 Å². The molecule has 0 aliphatic carbocycles. The second-order valence-corrected chi connectivity index (χ2v) is 8.38. The van der Waals surface area contributed by atoms with E-state index in [0.717, 1.165) is 33.9 Å². The van der Waals surface area contributed by atoms with Crippen molar-refractivity contribution in [2.24, 2.45) is 7.05 Å². The number of aromatic nitrogens is 3. The Hall–Kier alpha value is -2.82. The summed E-state index contributed by atoms with van der Waals surface area (Å²) in [5.74, 6) is 0.671. The maximum atomic E-state index is 12.2. The fourth-order valence-corrected chi connectivity index (χ4v) is 4.41. The minimum Gasteiger partial charge on any atom is -0.381 e. The minimum absolute atomic E-state index is 0.158. The largest absolute Gasteiger partial charge is 0.381 e. The highest BCUT2D eigenvalue weighted by atomic mass is 32.2. The number of nitrogens with zero attached hydrogens (tertiary/aromatic N) is 4. The molecule has 1 aromatic heterocycles. The van der Waals surface area contributed by atoms with Gasteiger partial charge in [0.15, 0.2) is 0 Å². The van der Waals surface area contributed by atoms with Crippen molar-refractivity contribution in [1.82, 2.24) is 14.3 Å². The van der Waals surface area contributed by atoms with Crippen LogP contribution in [-0.2, 0) is 17.2 Å². The van der Waals surface area contributed by atoms with E-state index >= 15 is 0 Å². The normalized spacial score (nSPS) is 15.8. The first kappa shape index (κ1) is 19.5. The van der Waals surface area contributed by atoms with Crippen LogP contribution in [0.5, 0.6) is 0 Å². The molecule has 0 saturated carbocycles. The van der Waals surface area contributed by atoms with Gasteiger partial charge in [-0.15, -0.1) is 0 Å². The van der Waals surface area contributed by atoms with Gasteiger partial charge in [0, 0.05) is 30.1 Å². The van der Waals surface area contributed by atoms with Crippen LogP contribution < -0.4 is 5.69 Å². The van der Waals surface area contributed by atoms with E-state index in [1.807, 2.05) is 43.3 Å². The molecule has 7 heteroatoms. The van der Waals surface area contributed by atoms with Crippen molar-refractivity contribution in [1.29, 1.82) is 5.26 Å². The number of rotatable bonds is 4. The second kappa shape index (κ2) is 7.90. The zero-order valence-corrected chi connectivity index (χ0v) is 17.3. The van der Waals surface area contributed by atoms with Crippen molar-refractivity contribution in [2.75, 3.05) is 13.2 Å². The van der Waals surface area contributed by atoms with Gasteiger partial charge in [0.25, 0.3) is 0 Å². The fourth-order valence-electron chi connectivity index (χ4n) is 3.54. The zero-order valence-electron chi connectivity index (χ0n) is 16.5. The van der Waals surface area contributed by atoms with E-state index in [-0.39, 0.29) is 5.69 Å². The predicted octanol–water partition coefficient (Wildman–Crippen LogP) is 3.60. The van der Waals surface area contributed by atoms with Gasteiger partial charge in [-0.2, -0.15) is 15.0 Å². The molecule has 29 heavy (non-hydrogen) atoms. The third-order valence-corrected chi connectivity index (χ3v) is 6.46. The van der Waals surface area contributed by atoms with E-state index in [1.165, 1.54) is 9.25 Å². The predicted molar refractivity (Wildman–Crippen MR) is 111 cm³/mol. The number of ether oxygens (including phenoxy) is 1. The molecule has 2 heterocycles. The third-order valence-electron chi connectivity index (χ3n) is 5.46. The van der Waals surface area contributed by atoms with Crippen molar-refractivity contribution in [2.45, 2.75) is 35.0 Å². The van der Waals surface area contributed by atoms with Crippen molar-refractivity contribution in [3.63, 3.8) is 0 Å². The molecule has 148 valence electrons. The van der Waals surface area contributed by atoms with Gasteiger partial charge in [-0.25, -0.2) is 4.79 Å². The molecular weight excluding hydrogens is 384 g/mol. The van der Waals surface area contributed by atoms with Gasteiger partial charge in [0.1, 0.15) is 5.82 Å². The molecule has 0 N–H and O–H groups in total. The number of aryl methyl sites for hydroxylation is 1. The second-order valence-electron chi connectivity index (χ2n) is 7.23. The van der Waals surface area contributed by atoms with E-state index in [9.17, 15) is 10.1 Å². The molecule has 0 radical (unpaired) electrons. The van der Waals surface area contributed by atoms with Gasteiger partial charge in [-0.3, -0.25) is 4.57 Å². The number of benzene rings is 2. The summed E-state index contributed by atoms with van der Waals surface area (Å²) in [5.41, 5.74) is 1.17. The SMILES string of the molecule is Cc1nn(-c2ccc(Sc3cccc(C4(C#N)CCOCC4)c3)cc2)c(=O)n1C. The Bertz CT molecular complexity index is 1120. The summed E-state index contributed by atoms with van der Waals surface area (Å²) in [6.07, 6.45) is 1.45. The summed E-state index contributed by atoms with van der Waals surface area (Å²) in [5, 5.41) is 14.1. The molecule has 0 unspecified atom stereocenters. The van der Waals surface area contributed by atoms with Crippen LogP contribution in [0.2, 0.25) is 0 Å². The lowest BCUT2D eigenvalue weighted by atomic mass is 9.75. The highest BCUT2D eigenvalue weighted by Crippen LogP contribution is 2.37. The zero-order chi connectivity index (χ0) is 20.4. The summed E-state index contributed by atoms with van der Waals surface area (Å²) < 4.78 is 8.38. The van der Waals surface area contributed by atoms with Crippen LogP contribution in [0.25, 0.3) is 5.69 Å². The summed E-state index contributed by atoms with van der Waals surface area (Å²) in [7, 11) is 1.71. The van der Waals surface area contributed by atoms with E-state index in [4.69, 9.17) is 4.74 Å². The summed E-state index contributed by atoms with van der Waals surface area (Å²) >= 11 is 1.64. The van der Waals surface area contributed by atoms with Gasteiger partial charge in [0.05, 0.1) is 17.2 Å². The van der Waals surface area contributed by atoms with E-state index in [0.29, 0.717) is 19.0 Å². The molecule has 0 atom stereocenters. The molecule has 2 aromatic carbocycles. The Morgan fingerprint density at radius 2 is 1.86 bits per heavy atom. The molecule has 1 fully saturated rings. The Labute approximate surface area is 173 Å². The molecule has 0 bridgehead atoms. The van der Waals surface area contributed by atoms with Crippen molar-refractivity contribution < 1.29 is 4.74 Å². The molecule has 1 aliphatic heterocycles. The molecule has 0 spiro atoms. The first-order chi connectivity index (χ1) is 14.0.